The minimum Gasteiger partial charge on any atom is -0.494 e. The van der Waals surface area contributed by atoms with Gasteiger partial charge in [0.05, 0.1) is 5.56 Å². The standard InChI is InChI=1S/C21H19ClN4O4/c22-13-2-4-16(23)15(8-13)19(28)24-9-11-1-3-14-12(7-11)10-26(21(14)30)17-5-6-18(27)25-20(17)29/h1-4,7-8,10,17,30H,5-6,9,23H2,(H,24,28)(H,25,27,29). The first kappa shape index (κ1) is 19.8. The number of nitrogens with two attached hydrogens (primary N) is 1. The molecule has 8 nitrogen and oxygen atoms in total. The summed E-state index contributed by atoms with van der Waals surface area (Å²) in [5, 5.41) is 17.3. The van der Waals surface area contributed by atoms with E-state index in [4.69, 9.17) is 17.3 Å². The summed E-state index contributed by atoms with van der Waals surface area (Å²) in [4.78, 5) is 35.9. The highest BCUT2D eigenvalue weighted by Crippen LogP contribution is 2.33. The van der Waals surface area contributed by atoms with E-state index in [1.54, 1.807) is 30.5 Å². The smallest absolute Gasteiger partial charge is 0.253 e. The molecule has 0 saturated carbocycles. The molecule has 2 heterocycles. The predicted molar refractivity (Wildman–Crippen MR) is 112 cm³/mol. The van der Waals surface area contributed by atoms with Crippen LogP contribution in [-0.2, 0) is 16.1 Å². The van der Waals surface area contributed by atoms with Crippen molar-refractivity contribution < 1.29 is 19.5 Å². The van der Waals surface area contributed by atoms with Gasteiger partial charge in [-0.3, -0.25) is 19.7 Å². The van der Waals surface area contributed by atoms with Gasteiger partial charge in [0, 0.05) is 40.6 Å². The molecule has 30 heavy (non-hydrogen) atoms. The highest BCUT2D eigenvalue weighted by Gasteiger charge is 2.30. The first-order valence-electron chi connectivity index (χ1n) is 9.33. The van der Waals surface area contributed by atoms with E-state index in [-0.39, 0.29) is 30.7 Å². The number of hydrogen-bond donors (Lipinski definition) is 4. The van der Waals surface area contributed by atoms with E-state index in [9.17, 15) is 19.5 Å². The van der Waals surface area contributed by atoms with Crippen molar-refractivity contribution in [2.75, 3.05) is 5.73 Å². The third kappa shape index (κ3) is 3.69. The van der Waals surface area contributed by atoms with Crippen LogP contribution in [0.15, 0.2) is 42.6 Å². The number of aromatic nitrogens is 1. The Morgan fingerprint density at radius 2 is 2.07 bits per heavy atom. The van der Waals surface area contributed by atoms with Gasteiger partial charge < -0.3 is 20.7 Å². The van der Waals surface area contributed by atoms with Crippen molar-refractivity contribution in [1.82, 2.24) is 15.2 Å². The molecule has 0 spiro atoms. The molecule has 9 heteroatoms. The Hall–Kier alpha value is -3.52. The van der Waals surface area contributed by atoms with E-state index in [0.29, 0.717) is 33.5 Å². The van der Waals surface area contributed by atoms with Gasteiger partial charge in [0.25, 0.3) is 5.91 Å². The number of nitrogens with zero attached hydrogens (tertiary/aromatic N) is 1. The molecule has 1 atom stereocenters. The lowest BCUT2D eigenvalue weighted by Crippen LogP contribution is -2.41. The maximum Gasteiger partial charge on any atom is 0.253 e. The lowest BCUT2D eigenvalue weighted by Gasteiger charge is -2.22. The lowest BCUT2D eigenvalue weighted by atomic mass is 10.1. The van der Waals surface area contributed by atoms with E-state index in [1.165, 1.54) is 10.6 Å². The number of anilines is 1. The summed E-state index contributed by atoms with van der Waals surface area (Å²) in [5.41, 5.74) is 7.27. The van der Waals surface area contributed by atoms with Crippen molar-refractivity contribution in [1.29, 1.82) is 0 Å². The number of halogens is 1. The fourth-order valence-corrected chi connectivity index (χ4v) is 3.74. The van der Waals surface area contributed by atoms with E-state index in [1.807, 2.05) is 6.07 Å². The topological polar surface area (TPSA) is 126 Å². The Bertz CT molecular complexity index is 1190. The molecular weight excluding hydrogens is 408 g/mol. The van der Waals surface area contributed by atoms with Crippen molar-refractivity contribution in [2.24, 2.45) is 0 Å². The summed E-state index contributed by atoms with van der Waals surface area (Å²) in [6.07, 6.45) is 2.21. The number of rotatable bonds is 4. The lowest BCUT2D eigenvalue weighted by molar-refractivity contribution is -0.135. The third-order valence-corrected chi connectivity index (χ3v) is 5.37. The molecule has 1 aliphatic heterocycles. The van der Waals surface area contributed by atoms with Gasteiger partial charge in [0.1, 0.15) is 6.04 Å². The number of imide groups is 1. The van der Waals surface area contributed by atoms with Crippen molar-refractivity contribution in [3.63, 3.8) is 0 Å². The van der Waals surface area contributed by atoms with Gasteiger partial charge in [-0.15, -0.1) is 0 Å². The molecule has 3 amide bonds. The minimum absolute atomic E-state index is 0.0400. The van der Waals surface area contributed by atoms with Crippen LogP contribution < -0.4 is 16.4 Å². The molecule has 1 fully saturated rings. The molecular formula is C21H19ClN4O4. The Morgan fingerprint density at radius 3 is 2.83 bits per heavy atom. The van der Waals surface area contributed by atoms with Crippen LogP contribution in [0.5, 0.6) is 5.88 Å². The summed E-state index contributed by atoms with van der Waals surface area (Å²) >= 11 is 5.93. The van der Waals surface area contributed by atoms with E-state index < -0.39 is 11.9 Å². The molecule has 154 valence electrons. The number of piperidine rings is 1. The fraction of sp³-hybridized carbons (Fsp3) is 0.190. The summed E-state index contributed by atoms with van der Waals surface area (Å²) < 4.78 is 1.47. The number of aromatic hydroxyl groups is 1. The van der Waals surface area contributed by atoms with Gasteiger partial charge in [-0.05, 0) is 42.3 Å². The van der Waals surface area contributed by atoms with Gasteiger partial charge >= 0.3 is 0 Å². The second kappa shape index (κ2) is 7.72. The van der Waals surface area contributed by atoms with Gasteiger partial charge in [-0.2, -0.15) is 0 Å². The number of amides is 3. The highest BCUT2D eigenvalue weighted by atomic mass is 35.5. The molecule has 3 aromatic rings. The Kier molecular flexibility index (Phi) is 5.09. The zero-order valence-electron chi connectivity index (χ0n) is 15.8. The van der Waals surface area contributed by atoms with Crippen LogP contribution in [0.2, 0.25) is 5.02 Å². The van der Waals surface area contributed by atoms with Crippen LogP contribution in [0, 0.1) is 0 Å². The SMILES string of the molecule is Nc1ccc(Cl)cc1C(=O)NCc1ccc2c(O)n(C3CCC(=O)NC3=O)cc2c1. The number of carbonyl (C=O) groups is 3. The van der Waals surface area contributed by atoms with Crippen LogP contribution in [-0.4, -0.2) is 27.4 Å². The maximum absolute atomic E-state index is 12.4. The molecule has 2 aromatic carbocycles. The summed E-state index contributed by atoms with van der Waals surface area (Å²) in [6.45, 7) is 0.241. The van der Waals surface area contributed by atoms with Crippen LogP contribution in [0.3, 0.4) is 0 Å². The molecule has 1 aromatic heterocycles. The Balaban J connectivity index is 1.54. The summed E-state index contributed by atoms with van der Waals surface area (Å²) in [7, 11) is 0. The first-order valence-corrected chi connectivity index (χ1v) is 9.70. The summed E-state index contributed by atoms with van der Waals surface area (Å²) in [6, 6.07) is 9.36. The minimum atomic E-state index is -0.649. The Morgan fingerprint density at radius 1 is 1.27 bits per heavy atom. The molecule has 0 aliphatic carbocycles. The van der Waals surface area contributed by atoms with Crippen LogP contribution in [0.1, 0.15) is 34.8 Å². The van der Waals surface area contributed by atoms with Crippen molar-refractivity contribution >= 4 is 45.8 Å². The van der Waals surface area contributed by atoms with Gasteiger partial charge in [0.2, 0.25) is 11.8 Å². The van der Waals surface area contributed by atoms with Crippen LogP contribution >= 0.6 is 11.6 Å². The number of carbonyl (C=O) groups excluding carboxylic acids is 3. The van der Waals surface area contributed by atoms with Crippen molar-refractivity contribution in [3.05, 3.63) is 58.7 Å². The molecule has 1 aliphatic rings. The van der Waals surface area contributed by atoms with Crippen molar-refractivity contribution in [2.45, 2.75) is 25.4 Å². The number of fused-ring (bicyclic) bond motifs is 1. The maximum atomic E-state index is 12.4. The molecule has 1 unspecified atom stereocenters. The first-order chi connectivity index (χ1) is 14.3. The monoisotopic (exact) mass is 426 g/mol. The second-order valence-corrected chi connectivity index (χ2v) is 7.60. The molecule has 5 N–H and O–H groups in total. The normalized spacial score (nSPS) is 16.5. The Labute approximate surface area is 176 Å². The highest BCUT2D eigenvalue weighted by molar-refractivity contribution is 6.31. The number of hydrogen-bond acceptors (Lipinski definition) is 5. The fourth-order valence-electron chi connectivity index (χ4n) is 3.57. The van der Waals surface area contributed by atoms with Gasteiger partial charge in [-0.25, -0.2) is 0 Å². The zero-order chi connectivity index (χ0) is 21.4. The number of benzene rings is 2. The predicted octanol–water partition coefficient (Wildman–Crippen LogP) is 2.49. The van der Waals surface area contributed by atoms with E-state index in [0.717, 1.165) is 5.56 Å². The van der Waals surface area contributed by atoms with E-state index in [2.05, 4.69) is 10.6 Å². The zero-order valence-corrected chi connectivity index (χ0v) is 16.6. The molecule has 0 radical (unpaired) electrons. The second-order valence-electron chi connectivity index (χ2n) is 7.16. The van der Waals surface area contributed by atoms with Crippen molar-refractivity contribution in [3.8, 4) is 5.88 Å². The van der Waals surface area contributed by atoms with Gasteiger partial charge in [0.15, 0.2) is 5.88 Å². The number of nitrogen functional groups attached to an aromatic ring is 1. The van der Waals surface area contributed by atoms with E-state index >= 15 is 0 Å². The van der Waals surface area contributed by atoms with Gasteiger partial charge in [-0.1, -0.05) is 17.7 Å². The molecule has 4 rings (SSSR count). The number of nitrogens with one attached hydrogen (secondary N) is 2. The quantitative estimate of drug-likeness (QED) is 0.376. The third-order valence-electron chi connectivity index (χ3n) is 5.14. The average Bonchev–Trinajstić information content (AvgIpc) is 3.03. The molecule has 1 saturated heterocycles. The van der Waals surface area contributed by atoms with Crippen LogP contribution in [0.4, 0.5) is 5.69 Å². The largest absolute Gasteiger partial charge is 0.494 e. The average molecular weight is 427 g/mol. The van der Waals surface area contributed by atoms with Crippen LogP contribution in [0.25, 0.3) is 10.8 Å². The molecule has 0 bridgehead atoms. The summed E-state index contributed by atoms with van der Waals surface area (Å²) in [5.74, 6) is -1.14.